The van der Waals surface area contributed by atoms with E-state index in [1.807, 2.05) is 0 Å². The summed E-state index contributed by atoms with van der Waals surface area (Å²) in [7, 11) is 0. The number of anilines is 3. The zero-order chi connectivity index (χ0) is 23.2. The van der Waals surface area contributed by atoms with Crippen molar-refractivity contribution >= 4 is 17.1 Å². The average molecular weight is 438 g/mol. The Labute approximate surface area is 181 Å². The van der Waals surface area contributed by atoms with Gasteiger partial charge in [0.2, 0.25) is 0 Å². The van der Waals surface area contributed by atoms with Crippen LogP contribution in [0.25, 0.3) is 5.69 Å². The van der Waals surface area contributed by atoms with Crippen molar-refractivity contribution in [1.82, 2.24) is 14.1 Å². The van der Waals surface area contributed by atoms with Crippen LogP contribution in [0.2, 0.25) is 0 Å². The lowest BCUT2D eigenvalue weighted by molar-refractivity contribution is 0.509. The number of hydrogen-bond donors (Lipinski definition) is 2. The van der Waals surface area contributed by atoms with E-state index in [2.05, 4.69) is 10.9 Å². The van der Waals surface area contributed by atoms with E-state index in [0.29, 0.717) is 5.92 Å². The molecule has 3 aromatic rings. The summed E-state index contributed by atoms with van der Waals surface area (Å²) in [4.78, 5) is 30.8. The molecule has 0 amide bonds. The van der Waals surface area contributed by atoms with E-state index < -0.39 is 22.9 Å². The maximum atomic E-state index is 13.9. The molecule has 1 aliphatic rings. The van der Waals surface area contributed by atoms with Crippen LogP contribution in [-0.2, 0) is 6.54 Å². The SMILES string of the molecule is C#CCn1c(C)c(N(N)c2cc(F)c(F)cc2N)c(=O)n(-c2cncc(C3CC3)c2)c1=O. The fourth-order valence-corrected chi connectivity index (χ4v) is 3.61. The lowest BCUT2D eigenvalue weighted by atomic mass is 10.2. The van der Waals surface area contributed by atoms with Gasteiger partial charge in [-0.1, -0.05) is 5.92 Å². The first kappa shape index (κ1) is 21.3. The number of hydrogen-bond acceptors (Lipinski definition) is 6. The number of nitrogens with two attached hydrogens (primary N) is 2. The van der Waals surface area contributed by atoms with Gasteiger partial charge in [0, 0.05) is 18.3 Å². The first-order valence-electron chi connectivity index (χ1n) is 9.79. The van der Waals surface area contributed by atoms with Gasteiger partial charge in [-0.25, -0.2) is 24.0 Å². The molecule has 2 aromatic heterocycles. The van der Waals surface area contributed by atoms with Crippen LogP contribution in [0.1, 0.15) is 30.0 Å². The number of nitrogen functional groups attached to an aromatic ring is 1. The van der Waals surface area contributed by atoms with Gasteiger partial charge in [-0.2, -0.15) is 0 Å². The second-order valence-corrected chi connectivity index (χ2v) is 7.59. The number of halogens is 2. The zero-order valence-corrected chi connectivity index (χ0v) is 17.2. The molecule has 8 nitrogen and oxygen atoms in total. The molecule has 10 heteroatoms. The predicted octanol–water partition coefficient (Wildman–Crippen LogP) is 2.09. The normalized spacial score (nSPS) is 13.1. The maximum absolute atomic E-state index is 13.9. The molecule has 1 saturated carbocycles. The van der Waals surface area contributed by atoms with Crippen molar-refractivity contribution < 1.29 is 8.78 Å². The van der Waals surface area contributed by atoms with Crippen LogP contribution < -0.4 is 27.8 Å². The van der Waals surface area contributed by atoms with Gasteiger partial charge in [0.15, 0.2) is 11.6 Å². The Morgan fingerprint density at radius 3 is 2.56 bits per heavy atom. The number of aromatic nitrogens is 3. The van der Waals surface area contributed by atoms with Gasteiger partial charge >= 0.3 is 5.69 Å². The molecule has 164 valence electrons. The van der Waals surface area contributed by atoms with Crippen molar-refractivity contribution in [1.29, 1.82) is 0 Å². The highest BCUT2D eigenvalue weighted by atomic mass is 19.2. The lowest BCUT2D eigenvalue weighted by Crippen LogP contribution is -2.44. The molecule has 1 fully saturated rings. The fraction of sp³-hybridized carbons (Fsp3) is 0.227. The second kappa shape index (κ2) is 7.94. The van der Waals surface area contributed by atoms with Crippen LogP contribution in [0.4, 0.5) is 25.8 Å². The maximum Gasteiger partial charge on any atom is 0.336 e. The van der Waals surface area contributed by atoms with E-state index in [9.17, 15) is 18.4 Å². The molecule has 0 aliphatic heterocycles. The molecule has 1 aliphatic carbocycles. The molecule has 0 atom stereocenters. The summed E-state index contributed by atoms with van der Waals surface area (Å²) in [6.07, 6.45) is 10.5. The first-order chi connectivity index (χ1) is 15.2. The Morgan fingerprint density at radius 1 is 1.22 bits per heavy atom. The quantitative estimate of drug-likeness (QED) is 0.273. The number of terminal acetylenes is 1. The Balaban J connectivity index is 1.99. The first-order valence-corrected chi connectivity index (χ1v) is 9.79. The number of rotatable bonds is 5. The van der Waals surface area contributed by atoms with Crippen molar-refractivity contribution in [2.24, 2.45) is 5.84 Å². The minimum atomic E-state index is -1.19. The van der Waals surface area contributed by atoms with Crippen molar-refractivity contribution in [2.45, 2.75) is 32.2 Å². The van der Waals surface area contributed by atoms with E-state index in [1.165, 1.54) is 17.7 Å². The molecule has 1 aromatic carbocycles. The van der Waals surface area contributed by atoms with Crippen molar-refractivity contribution in [2.75, 3.05) is 10.7 Å². The number of pyridine rings is 1. The van der Waals surface area contributed by atoms with Crippen molar-refractivity contribution in [3.05, 3.63) is 74.3 Å². The average Bonchev–Trinajstić information content (AvgIpc) is 3.59. The molecule has 0 radical (unpaired) electrons. The van der Waals surface area contributed by atoms with Crippen LogP contribution in [0.15, 0.2) is 40.2 Å². The Hall–Kier alpha value is -3.97. The summed E-state index contributed by atoms with van der Waals surface area (Å²) < 4.78 is 29.5. The van der Waals surface area contributed by atoms with Crippen LogP contribution in [-0.4, -0.2) is 14.1 Å². The van der Waals surface area contributed by atoms with Gasteiger partial charge in [0.1, 0.15) is 5.69 Å². The monoisotopic (exact) mass is 438 g/mol. The Morgan fingerprint density at radius 2 is 1.91 bits per heavy atom. The summed E-state index contributed by atoms with van der Waals surface area (Å²) in [6, 6.07) is 3.26. The van der Waals surface area contributed by atoms with E-state index >= 15 is 0 Å². The summed E-state index contributed by atoms with van der Waals surface area (Å²) in [6.45, 7) is 1.34. The number of benzene rings is 1. The summed E-state index contributed by atoms with van der Waals surface area (Å²) in [5.41, 5.74) is 5.17. The van der Waals surface area contributed by atoms with Gasteiger partial charge in [0.25, 0.3) is 5.56 Å². The summed E-state index contributed by atoms with van der Waals surface area (Å²) in [5, 5.41) is 0.830. The summed E-state index contributed by atoms with van der Waals surface area (Å²) in [5.74, 6) is 6.52. The van der Waals surface area contributed by atoms with E-state index in [1.54, 1.807) is 12.3 Å². The van der Waals surface area contributed by atoms with Gasteiger partial charge < -0.3 is 5.73 Å². The minimum absolute atomic E-state index is 0.144. The molecule has 4 N–H and O–H groups in total. The minimum Gasteiger partial charge on any atom is -0.397 e. The number of nitrogens with zero attached hydrogens (tertiary/aromatic N) is 4. The molecule has 32 heavy (non-hydrogen) atoms. The van der Waals surface area contributed by atoms with E-state index in [-0.39, 0.29) is 35.0 Å². The van der Waals surface area contributed by atoms with E-state index in [0.717, 1.165) is 40.1 Å². The predicted molar refractivity (Wildman–Crippen MR) is 117 cm³/mol. The molecule has 4 rings (SSSR count). The fourth-order valence-electron chi connectivity index (χ4n) is 3.61. The van der Waals surface area contributed by atoms with Gasteiger partial charge in [-0.05, 0) is 37.3 Å². The van der Waals surface area contributed by atoms with Crippen LogP contribution >= 0.6 is 0 Å². The zero-order valence-electron chi connectivity index (χ0n) is 17.2. The smallest absolute Gasteiger partial charge is 0.336 e. The third kappa shape index (κ3) is 3.52. The third-order valence-corrected chi connectivity index (χ3v) is 5.45. The lowest BCUT2D eigenvalue weighted by Gasteiger charge is -2.24. The molecule has 0 bridgehead atoms. The highest BCUT2D eigenvalue weighted by molar-refractivity contribution is 5.74. The topological polar surface area (TPSA) is 112 Å². The summed E-state index contributed by atoms with van der Waals surface area (Å²) >= 11 is 0. The van der Waals surface area contributed by atoms with Gasteiger partial charge in [0.05, 0.1) is 35.5 Å². The van der Waals surface area contributed by atoms with E-state index in [4.69, 9.17) is 18.0 Å². The van der Waals surface area contributed by atoms with Crippen molar-refractivity contribution in [3.8, 4) is 18.0 Å². The number of hydrazine groups is 1. The van der Waals surface area contributed by atoms with Crippen LogP contribution in [0, 0.1) is 30.9 Å². The molecular formula is C22H20F2N6O2. The third-order valence-electron chi connectivity index (χ3n) is 5.45. The molecular weight excluding hydrogens is 418 g/mol. The standard InChI is InChI=1S/C22H20F2N6O2/c1-3-6-28-12(2)20(30(26)19-9-17(24)16(23)8-18(19)25)21(31)29(22(28)32)15-7-14(10-27-11-15)13-4-5-13/h1,7-11,13H,4-6,25-26H2,2H3. The largest absolute Gasteiger partial charge is 0.397 e. The molecule has 0 unspecified atom stereocenters. The van der Waals surface area contributed by atoms with Gasteiger partial charge in [-0.15, -0.1) is 6.42 Å². The highest BCUT2D eigenvalue weighted by Gasteiger charge is 2.26. The van der Waals surface area contributed by atoms with Gasteiger partial charge in [-0.3, -0.25) is 19.4 Å². The van der Waals surface area contributed by atoms with Crippen LogP contribution in [0.5, 0.6) is 0 Å². The van der Waals surface area contributed by atoms with Crippen molar-refractivity contribution in [3.63, 3.8) is 0 Å². The highest BCUT2D eigenvalue weighted by Crippen LogP contribution is 2.40. The molecule has 2 heterocycles. The Bertz CT molecular complexity index is 1380. The Kier molecular flexibility index (Phi) is 5.28. The second-order valence-electron chi connectivity index (χ2n) is 7.59. The molecule has 0 spiro atoms. The van der Waals surface area contributed by atoms with Crippen LogP contribution in [0.3, 0.4) is 0 Å². The molecule has 0 saturated heterocycles.